The molecule has 2 aromatic carbocycles. The van der Waals surface area contributed by atoms with Crippen LogP contribution in [0.2, 0.25) is 0 Å². The number of aliphatic hydroxyl groups is 1. The van der Waals surface area contributed by atoms with Gasteiger partial charge in [-0.3, -0.25) is 15.4 Å². The van der Waals surface area contributed by atoms with Crippen LogP contribution in [0.25, 0.3) is 0 Å². The first-order valence-electron chi connectivity index (χ1n) is 6.56. The number of amides is 1. The predicted molar refractivity (Wildman–Crippen MR) is 79.2 cm³/mol. The Hall–Kier alpha value is -3.00. The Labute approximate surface area is 130 Å². The number of nitro groups is 1. The number of carbonyl (C=O) groups is 1. The van der Waals surface area contributed by atoms with Crippen molar-refractivity contribution in [2.45, 2.75) is 13.2 Å². The van der Waals surface area contributed by atoms with E-state index < -0.39 is 29.1 Å². The second kappa shape index (κ2) is 7.32. The molecule has 0 heterocycles. The fourth-order valence-electron chi connectivity index (χ4n) is 1.96. The lowest BCUT2D eigenvalue weighted by Crippen LogP contribution is -2.15. The molecule has 2 rings (SSSR count). The topological polar surface area (TPSA) is 102 Å². The first-order valence-corrected chi connectivity index (χ1v) is 6.56. The minimum Gasteiger partial charge on any atom is -0.444 e. The fraction of sp³-hybridized carbons (Fsp3) is 0.133. The molecule has 0 atom stereocenters. The van der Waals surface area contributed by atoms with Crippen LogP contribution in [0.3, 0.4) is 0 Å². The first-order chi connectivity index (χ1) is 11.0. The van der Waals surface area contributed by atoms with Gasteiger partial charge in [0.25, 0.3) is 5.69 Å². The number of carbonyl (C=O) groups excluding carboxylic acids is 1. The third kappa shape index (κ3) is 4.24. The molecular formula is C15H13FN2O5. The molecule has 0 unspecified atom stereocenters. The number of halogens is 1. The van der Waals surface area contributed by atoms with Gasteiger partial charge in [0, 0.05) is 6.07 Å². The Balaban J connectivity index is 2.14. The number of rotatable bonds is 5. The van der Waals surface area contributed by atoms with Gasteiger partial charge in [0.15, 0.2) is 0 Å². The van der Waals surface area contributed by atoms with Crippen LogP contribution in [0.4, 0.5) is 20.6 Å². The van der Waals surface area contributed by atoms with Gasteiger partial charge in [-0.05, 0) is 11.6 Å². The molecule has 0 bridgehead atoms. The van der Waals surface area contributed by atoms with Crippen molar-refractivity contribution in [3.8, 4) is 0 Å². The Morgan fingerprint density at radius 3 is 2.61 bits per heavy atom. The van der Waals surface area contributed by atoms with E-state index in [1.165, 1.54) is 0 Å². The highest BCUT2D eigenvalue weighted by Gasteiger charge is 2.23. The second-order valence-corrected chi connectivity index (χ2v) is 4.56. The lowest BCUT2D eigenvalue weighted by atomic mass is 10.1. The molecule has 2 aromatic rings. The molecule has 0 saturated carbocycles. The Bertz CT molecular complexity index is 721. The number of benzene rings is 2. The molecule has 0 aliphatic carbocycles. The molecule has 0 aliphatic heterocycles. The van der Waals surface area contributed by atoms with Crippen LogP contribution in [0.15, 0.2) is 42.5 Å². The molecule has 0 saturated heterocycles. The zero-order valence-electron chi connectivity index (χ0n) is 11.9. The van der Waals surface area contributed by atoms with Crippen molar-refractivity contribution in [3.05, 3.63) is 69.5 Å². The average Bonchev–Trinajstić information content (AvgIpc) is 2.52. The maximum Gasteiger partial charge on any atom is 0.412 e. The highest BCUT2D eigenvalue weighted by molar-refractivity contribution is 5.88. The number of nitrogens with one attached hydrogen (secondary N) is 1. The summed E-state index contributed by atoms with van der Waals surface area (Å²) in [6.07, 6.45) is -0.966. The number of hydrogen-bond acceptors (Lipinski definition) is 5. The number of anilines is 1. The van der Waals surface area contributed by atoms with Gasteiger partial charge in [-0.15, -0.1) is 0 Å². The zero-order valence-corrected chi connectivity index (χ0v) is 11.9. The van der Waals surface area contributed by atoms with E-state index in [1.54, 1.807) is 30.3 Å². The molecule has 0 spiro atoms. The van der Waals surface area contributed by atoms with Gasteiger partial charge in [0.1, 0.15) is 18.1 Å². The zero-order chi connectivity index (χ0) is 16.8. The highest BCUT2D eigenvalue weighted by Crippen LogP contribution is 2.30. The van der Waals surface area contributed by atoms with Gasteiger partial charge < -0.3 is 9.84 Å². The summed E-state index contributed by atoms with van der Waals surface area (Å²) in [6.45, 7) is -0.773. The van der Waals surface area contributed by atoms with Crippen molar-refractivity contribution in [3.63, 3.8) is 0 Å². The Morgan fingerprint density at radius 1 is 1.30 bits per heavy atom. The number of aliphatic hydroxyl groups excluding tert-OH is 1. The van der Waals surface area contributed by atoms with Crippen LogP contribution in [0.5, 0.6) is 0 Å². The summed E-state index contributed by atoms with van der Waals surface area (Å²) in [5, 5.41) is 22.3. The molecule has 1 amide bonds. The van der Waals surface area contributed by atoms with Crippen molar-refractivity contribution in [2.75, 3.05) is 5.32 Å². The second-order valence-electron chi connectivity index (χ2n) is 4.56. The lowest BCUT2D eigenvalue weighted by Gasteiger charge is -2.09. The van der Waals surface area contributed by atoms with Crippen LogP contribution in [-0.4, -0.2) is 16.1 Å². The normalized spacial score (nSPS) is 10.2. The van der Waals surface area contributed by atoms with Crippen LogP contribution in [-0.2, 0) is 18.0 Å². The van der Waals surface area contributed by atoms with Crippen molar-refractivity contribution in [2.24, 2.45) is 0 Å². The quantitative estimate of drug-likeness (QED) is 0.651. The number of nitrogens with zero attached hydrogens (tertiary/aromatic N) is 1. The number of ether oxygens (including phenoxy) is 1. The van der Waals surface area contributed by atoms with Gasteiger partial charge >= 0.3 is 6.09 Å². The fourth-order valence-corrected chi connectivity index (χ4v) is 1.96. The molecule has 23 heavy (non-hydrogen) atoms. The molecule has 0 fully saturated rings. The summed E-state index contributed by atoms with van der Waals surface area (Å²) < 4.78 is 18.4. The summed E-state index contributed by atoms with van der Waals surface area (Å²) in [5.74, 6) is -0.821. The van der Waals surface area contributed by atoms with E-state index in [0.717, 1.165) is 17.7 Å². The minimum absolute atomic E-state index is 0.0390. The summed E-state index contributed by atoms with van der Waals surface area (Å²) in [4.78, 5) is 22.0. The summed E-state index contributed by atoms with van der Waals surface area (Å²) in [6, 6.07) is 10.4. The van der Waals surface area contributed by atoms with E-state index >= 15 is 0 Å². The Morgan fingerprint density at radius 2 is 2.00 bits per heavy atom. The van der Waals surface area contributed by atoms with Crippen LogP contribution in [0, 0.1) is 15.9 Å². The standard InChI is InChI=1S/C15H13FN2O5/c16-12-6-11(8-19)14(18(21)22)13(7-12)17-15(20)23-9-10-4-2-1-3-5-10/h1-7,19H,8-9H2,(H,17,20). The SMILES string of the molecule is O=C(Nc1cc(F)cc(CO)c1[N+](=O)[O-])OCc1ccccc1. The van der Waals surface area contributed by atoms with Gasteiger partial charge in [0.05, 0.1) is 17.1 Å². The lowest BCUT2D eigenvalue weighted by molar-refractivity contribution is -0.385. The maximum absolute atomic E-state index is 13.4. The minimum atomic E-state index is -0.966. The van der Waals surface area contributed by atoms with Crippen LogP contribution in [0.1, 0.15) is 11.1 Å². The smallest absolute Gasteiger partial charge is 0.412 e. The first kappa shape index (κ1) is 16.4. The number of nitro benzene ring substituents is 1. The van der Waals surface area contributed by atoms with Gasteiger partial charge in [-0.25, -0.2) is 9.18 Å². The molecule has 7 nitrogen and oxygen atoms in total. The van der Waals surface area contributed by atoms with Gasteiger partial charge in [-0.2, -0.15) is 0 Å². The third-order valence-electron chi connectivity index (χ3n) is 2.96. The van der Waals surface area contributed by atoms with Crippen molar-refractivity contribution < 1.29 is 24.0 Å². The monoisotopic (exact) mass is 320 g/mol. The van der Waals surface area contributed by atoms with E-state index in [2.05, 4.69) is 5.32 Å². The Kier molecular flexibility index (Phi) is 5.21. The molecule has 2 N–H and O–H groups in total. The largest absolute Gasteiger partial charge is 0.444 e. The van der Waals surface area contributed by atoms with Crippen LogP contribution < -0.4 is 5.32 Å². The molecule has 120 valence electrons. The van der Waals surface area contributed by atoms with Crippen LogP contribution >= 0.6 is 0 Å². The molecule has 0 radical (unpaired) electrons. The average molecular weight is 320 g/mol. The summed E-state index contributed by atoms with van der Waals surface area (Å²) >= 11 is 0. The summed E-state index contributed by atoms with van der Waals surface area (Å²) in [7, 11) is 0. The van der Waals surface area contributed by atoms with E-state index in [0.29, 0.717) is 0 Å². The molecule has 0 aliphatic rings. The highest BCUT2D eigenvalue weighted by atomic mass is 19.1. The van der Waals surface area contributed by atoms with Crippen molar-refractivity contribution in [1.82, 2.24) is 0 Å². The predicted octanol–water partition coefficient (Wildman–Crippen LogP) is 2.97. The van der Waals surface area contributed by atoms with Crippen molar-refractivity contribution >= 4 is 17.5 Å². The number of hydrogen-bond donors (Lipinski definition) is 2. The van der Waals surface area contributed by atoms with E-state index in [9.17, 15) is 19.3 Å². The van der Waals surface area contributed by atoms with E-state index in [-0.39, 0.29) is 17.9 Å². The van der Waals surface area contributed by atoms with E-state index in [4.69, 9.17) is 9.84 Å². The van der Waals surface area contributed by atoms with Gasteiger partial charge in [-0.1, -0.05) is 30.3 Å². The summed E-state index contributed by atoms with van der Waals surface area (Å²) in [5.41, 5.74) is -0.469. The molecule has 0 aromatic heterocycles. The van der Waals surface area contributed by atoms with Gasteiger partial charge in [0.2, 0.25) is 0 Å². The maximum atomic E-state index is 13.4. The molecular weight excluding hydrogens is 307 g/mol. The third-order valence-corrected chi connectivity index (χ3v) is 2.96. The van der Waals surface area contributed by atoms with E-state index in [1.807, 2.05) is 0 Å². The van der Waals surface area contributed by atoms with Crippen molar-refractivity contribution in [1.29, 1.82) is 0 Å². The molecule has 8 heteroatoms.